The van der Waals surface area contributed by atoms with Gasteiger partial charge in [0.15, 0.2) is 0 Å². The SMILES string of the molecule is CC(C)(CNCc1ccccc1F)NS(C)(=O)=O. The van der Waals surface area contributed by atoms with Crippen molar-refractivity contribution < 1.29 is 12.8 Å². The first kappa shape index (κ1) is 15.1. The molecule has 0 saturated carbocycles. The molecule has 6 heteroatoms. The van der Waals surface area contributed by atoms with Crippen molar-refractivity contribution in [2.75, 3.05) is 12.8 Å². The molecule has 0 bridgehead atoms. The Bertz CT molecular complexity index is 501. The van der Waals surface area contributed by atoms with Gasteiger partial charge in [0.25, 0.3) is 0 Å². The highest BCUT2D eigenvalue weighted by atomic mass is 32.2. The van der Waals surface area contributed by atoms with Crippen molar-refractivity contribution in [2.45, 2.75) is 25.9 Å². The first-order valence-corrected chi connectivity index (χ1v) is 7.52. The fourth-order valence-electron chi connectivity index (χ4n) is 1.69. The molecule has 0 aliphatic heterocycles. The molecule has 1 aromatic rings. The van der Waals surface area contributed by atoms with Crippen LogP contribution in [0.2, 0.25) is 0 Å². The Kier molecular flexibility index (Phi) is 4.84. The molecule has 0 radical (unpaired) electrons. The largest absolute Gasteiger partial charge is 0.311 e. The summed E-state index contributed by atoms with van der Waals surface area (Å²) < 4.78 is 38.1. The third-order valence-corrected chi connectivity index (χ3v) is 3.23. The number of nitrogens with one attached hydrogen (secondary N) is 2. The van der Waals surface area contributed by atoms with Crippen LogP contribution in [-0.2, 0) is 16.6 Å². The predicted molar refractivity (Wildman–Crippen MR) is 70.2 cm³/mol. The summed E-state index contributed by atoms with van der Waals surface area (Å²) in [5.74, 6) is -0.265. The van der Waals surface area contributed by atoms with Gasteiger partial charge in [-0.1, -0.05) is 18.2 Å². The van der Waals surface area contributed by atoms with Crippen molar-refractivity contribution in [3.8, 4) is 0 Å². The Balaban J connectivity index is 2.49. The van der Waals surface area contributed by atoms with Crippen molar-refractivity contribution in [3.05, 3.63) is 35.6 Å². The Morgan fingerprint density at radius 2 is 1.89 bits per heavy atom. The highest BCUT2D eigenvalue weighted by Gasteiger charge is 2.21. The smallest absolute Gasteiger partial charge is 0.209 e. The highest BCUT2D eigenvalue weighted by Crippen LogP contribution is 2.07. The number of sulfonamides is 1. The van der Waals surface area contributed by atoms with Gasteiger partial charge in [-0.15, -0.1) is 0 Å². The predicted octanol–water partition coefficient (Wildman–Crippen LogP) is 1.24. The summed E-state index contributed by atoms with van der Waals surface area (Å²) in [5, 5.41) is 3.04. The fraction of sp³-hybridized carbons (Fsp3) is 0.500. The van der Waals surface area contributed by atoms with Gasteiger partial charge < -0.3 is 5.32 Å². The summed E-state index contributed by atoms with van der Waals surface area (Å²) in [5.41, 5.74) is -0.0496. The molecule has 1 aromatic carbocycles. The summed E-state index contributed by atoms with van der Waals surface area (Å²) in [7, 11) is -3.25. The summed E-state index contributed by atoms with van der Waals surface area (Å²) in [6.45, 7) is 4.31. The molecule has 18 heavy (non-hydrogen) atoms. The van der Waals surface area contributed by atoms with Gasteiger partial charge in [-0.05, 0) is 19.9 Å². The van der Waals surface area contributed by atoms with E-state index in [1.807, 2.05) is 0 Å². The van der Waals surface area contributed by atoms with Crippen molar-refractivity contribution in [3.63, 3.8) is 0 Å². The van der Waals surface area contributed by atoms with E-state index in [0.717, 1.165) is 6.26 Å². The van der Waals surface area contributed by atoms with Gasteiger partial charge in [0.1, 0.15) is 5.82 Å². The molecule has 0 heterocycles. The zero-order chi connectivity index (χ0) is 13.8. The van der Waals surface area contributed by atoms with Crippen LogP contribution in [0.5, 0.6) is 0 Å². The van der Waals surface area contributed by atoms with Crippen molar-refractivity contribution in [1.82, 2.24) is 10.0 Å². The number of hydrogen-bond donors (Lipinski definition) is 2. The molecule has 0 unspecified atom stereocenters. The lowest BCUT2D eigenvalue weighted by Gasteiger charge is -2.25. The van der Waals surface area contributed by atoms with E-state index in [9.17, 15) is 12.8 Å². The first-order chi connectivity index (χ1) is 8.20. The third kappa shape index (κ3) is 5.57. The van der Waals surface area contributed by atoms with Crippen LogP contribution in [-0.4, -0.2) is 26.8 Å². The Morgan fingerprint density at radius 3 is 2.44 bits per heavy atom. The summed E-state index contributed by atoms with van der Waals surface area (Å²) >= 11 is 0. The molecule has 0 spiro atoms. The van der Waals surface area contributed by atoms with Crippen LogP contribution in [0.15, 0.2) is 24.3 Å². The summed E-state index contributed by atoms with van der Waals surface area (Å²) in [6.07, 6.45) is 1.12. The van der Waals surface area contributed by atoms with Gasteiger partial charge in [-0.3, -0.25) is 0 Å². The van der Waals surface area contributed by atoms with E-state index in [4.69, 9.17) is 0 Å². The average molecular weight is 274 g/mol. The van der Waals surface area contributed by atoms with Crippen LogP contribution >= 0.6 is 0 Å². The highest BCUT2D eigenvalue weighted by molar-refractivity contribution is 7.88. The average Bonchev–Trinajstić information content (AvgIpc) is 2.17. The second-order valence-corrected chi connectivity index (χ2v) is 6.70. The maximum atomic E-state index is 13.3. The van der Waals surface area contributed by atoms with Gasteiger partial charge >= 0.3 is 0 Å². The molecule has 0 amide bonds. The van der Waals surface area contributed by atoms with E-state index in [1.165, 1.54) is 6.07 Å². The lowest BCUT2D eigenvalue weighted by atomic mass is 10.1. The van der Waals surface area contributed by atoms with E-state index in [1.54, 1.807) is 32.0 Å². The van der Waals surface area contributed by atoms with Crippen LogP contribution in [0.25, 0.3) is 0 Å². The standard InChI is InChI=1S/C12H19FN2O2S/c1-12(2,15-18(3,16)17)9-14-8-10-6-4-5-7-11(10)13/h4-7,14-15H,8-9H2,1-3H3. The minimum Gasteiger partial charge on any atom is -0.311 e. The van der Waals surface area contributed by atoms with E-state index in [-0.39, 0.29) is 5.82 Å². The first-order valence-electron chi connectivity index (χ1n) is 5.63. The van der Waals surface area contributed by atoms with E-state index >= 15 is 0 Å². The normalized spacial score (nSPS) is 12.7. The Labute approximate surface area is 108 Å². The minimum absolute atomic E-state index is 0.265. The molecular weight excluding hydrogens is 255 g/mol. The number of rotatable bonds is 6. The van der Waals surface area contributed by atoms with Gasteiger partial charge in [-0.25, -0.2) is 17.5 Å². The Morgan fingerprint density at radius 1 is 1.28 bits per heavy atom. The fourth-order valence-corrected chi connectivity index (χ4v) is 2.77. The van der Waals surface area contributed by atoms with Crippen LogP contribution in [0.1, 0.15) is 19.4 Å². The maximum Gasteiger partial charge on any atom is 0.209 e. The van der Waals surface area contributed by atoms with Gasteiger partial charge in [0.2, 0.25) is 10.0 Å². The topological polar surface area (TPSA) is 58.2 Å². The monoisotopic (exact) mass is 274 g/mol. The molecule has 4 nitrogen and oxygen atoms in total. The molecule has 1 rings (SSSR count). The molecule has 0 aromatic heterocycles. The van der Waals surface area contributed by atoms with E-state index < -0.39 is 15.6 Å². The number of benzene rings is 1. The zero-order valence-electron chi connectivity index (χ0n) is 10.8. The third-order valence-electron chi connectivity index (χ3n) is 2.30. The van der Waals surface area contributed by atoms with Crippen molar-refractivity contribution >= 4 is 10.0 Å². The quantitative estimate of drug-likeness (QED) is 0.820. The molecule has 0 saturated heterocycles. The zero-order valence-corrected chi connectivity index (χ0v) is 11.6. The lowest BCUT2D eigenvalue weighted by Crippen LogP contribution is -2.49. The van der Waals surface area contributed by atoms with Crippen molar-refractivity contribution in [2.24, 2.45) is 0 Å². The van der Waals surface area contributed by atoms with Gasteiger partial charge in [0.05, 0.1) is 6.26 Å². The van der Waals surface area contributed by atoms with Crippen molar-refractivity contribution in [1.29, 1.82) is 0 Å². The maximum absolute atomic E-state index is 13.3. The van der Waals surface area contributed by atoms with Crippen LogP contribution in [0.4, 0.5) is 4.39 Å². The molecule has 2 N–H and O–H groups in total. The van der Waals surface area contributed by atoms with Gasteiger partial charge in [0, 0.05) is 24.2 Å². The minimum atomic E-state index is -3.25. The van der Waals surface area contributed by atoms with Crippen LogP contribution in [0, 0.1) is 5.82 Å². The summed E-state index contributed by atoms with van der Waals surface area (Å²) in [6, 6.07) is 6.49. The van der Waals surface area contributed by atoms with E-state index in [2.05, 4.69) is 10.0 Å². The van der Waals surface area contributed by atoms with Crippen LogP contribution < -0.4 is 10.0 Å². The lowest BCUT2D eigenvalue weighted by molar-refractivity contribution is 0.418. The van der Waals surface area contributed by atoms with Crippen LogP contribution in [0.3, 0.4) is 0 Å². The second-order valence-electron chi connectivity index (χ2n) is 4.95. The number of halogens is 1. The van der Waals surface area contributed by atoms with Gasteiger partial charge in [-0.2, -0.15) is 0 Å². The molecule has 102 valence electrons. The molecule has 0 aliphatic rings. The number of hydrogen-bond acceptors (Lipinski definition) is 3. The summed E-state index contributed by atoms with van der Waals surface area (Å²) in [4.78, 5) is 0. The second kappa shape index (κ2) is 5.77. The molecule has 0 aliphatic carbocycles. The Hall–Kier alpha value is -0.980. The molecule has 0 atom stereocenters. The molecular formula is C12H19FN2O2S. The van der Waals surface area contributed by atoms with E-state index in [0.29, 0.717) is 18.7 Å². The molecule has 0 fully saturated rings.